The highest BCUT2D eigenvalue weighted by atomic mass is 32.2. The summed E-state index contributed by atoms with van der Waals surface area (Å²) in [6.45, 7) is 6.89. The summed E-state index contributed by atoms with van der Waals surface area (Å²) in [6.07, 6.45) is 3.22. The van der Waals surface area contributed by atoms with Crippen molar-refractivity contribution in [3.05, 3.63) is 36.1 Å². The fourth-order valence-electron chi connectivity index (χ4n) is 1.89. The van der Waals surface area contributed by atoms with Crippen LogP contribution in [0.25, 0.3) is 0 Å². The van der Waals surface area contributed by atoms with Crippen molar-refractivity contribution in [3.8, 4) is 0 Å². The number of aromatic amines is 1. The Morgan fingerprint density at radius 3 is 2.61 bits per heavy atom. The molecule has 2 heterocycles. The zero-order valence-electron chi connectivity index (χ0n) is 13.4. The van der Waals surface area contributed by atoms with E-state index in [2.05, 4.69) is 20.0 Å². The highest BCUT2D eigenvalue weighted by Crippen LogP contribution is 2.17. The molecule has 0 aromatic carbocycles. The van der Waals surface area contributed by atoms with E-state index in [1.165, 1.54) is 12.1 Å². The molecule has 0 bridgehead atoms. The van der Waals surface area contributed by atoms with Gasteiger partial charge in [0.2, 0.25) is 5.09 Å². The normalized spacial score (nSPS) is 13.7. The van der Waals surface area contributed by atoms with Gasteiger partial charge in [-0.2, -0.15) is 0 Å². The van der Waals surface area contributed by atoms with Crippen LogP contribution in [0.2, 0.25) is 0 Å². The van der Waals surface area contributed by atoms with Crippen molar-refractivity contribution < 1.29 is 17.6 Å². The second-order valence-electron chi connectivity index (χ2n) is 6.14. The highest BCUT2D eigenvalue weighted by Gasteiger charge is 2.26. The zero-order chi connectivity index (χ0) is 17.3. The molecule has 0 saturated heterocycles. The lowest BCUT2D eigenvalue weighted by molar-refractivity contribution is 0.0905. The van der Waals surface area contributed by atoms with E-state index in [9.17, 15) is 13.2 Å². The molecule has 3 N–H and O–H groups in total. The summed E-state index contributed by atoms with van der Waals surface area (Å²) < 4.78 is 31.9. The number of furan rings is 1. The van der Waals surface area contributed by atoms with Crippen molar-refractivity contribution in [2.24, 2.45) is 0 Å². The summed E-state index contributed by atoms with van der Waals surface area (Å²) in [6, 6.07) is 2.21. The first-order valence-corrected chi connectivity index (χ1v) is 8.51. The number of nitrogens with zero attached hydrogens (tertiary/aromatic N) is 1. The molecule has 1 atom stereocenters. The number of sulfonamides is 1. The summed E-state index contributed by atoms with van der Waals surface area (Å²) in [5.41, 5.74) is -0.651. The van der Waals surface area contributed by atoms with Crippen LogP contribution in [-0.4, -0.2) is 29.8 Å². The molecule has 0 spiro atoms. The van der Waals surface area contributed by atoms with Gasteiger partial charge in [0.1, 0.15) is 5.82 Å². The van der Waals surface area contributed by atoms with Crippen molar-refractivity contribution in [2.75, 3.05) is 0 Å². The van der Waals surface area contributed by atoms with Crippen molar-refractivity contribution in [2.45, 2.75) is 44.4 Å². The largest absolute Gasteiger partial charge is 0.438 e. The predicted molar refractivity (Wildman–Crippen MR) is 83.3 cm³/mol. The fourth-order valence-corrected chi connectivity index (χ4v) is 3.24. The minimum Gasteiger partial charge on any atom is -0.438 e. The van der Waals surface area contributed by atoms with E-state index in [1.54, 1.807) is 40.1 Å². The Labute approximate surface area is 134 Å². The summed E-state index contributed by atoms with van der Waals surface area (Å²) in [4.78, 5) is 19.0. The van der Waals surface area contributed by atoms with Gasteiger partial charge >= 0.3 is 0 Å². The van der Waals surface area contributed by atoms with Gasteiger partial charge in [0, 0.05) is 17.9 Å². The van der Waals surface area contributed by atoms with Gasteiger partial charge in [-0.15, -0.1) is 0 Å². The second-order valence-corrected chi connectivity index (χ2v) is 7.76. The second kappa shape index (κ2) is 6.17. The number of carbonyl (C=O) groups excluding carboxylic acids is 1. The van der Waals surface area contributed by atoms with Crippen molar-refractivity contribution >= 4 is 15.9 Å². The number of aromatic nitrogens is 2. The highest BCUT2D eigenvalue weighted by molar-refractivity contribution is 7.89. The fraction of sp³-hybridized carbons (Fsp3) is 0.429. The quantitative estimate of drug-likeness (QED) is 0.764. The number of carbonyl (C=O) groups is 1. The van der Waals surface area contributed by atoms with Gasteiger partial charge in [-0.05, 0) is 39.8 Å². The van der Waals surface area contributed by atoms with E-state index in [1.807, 2.05) is 0 Å². The Kier molecular flexibility index (Phi) is 4.62. The van der Waals surface area contributed by atoms with E-state index in [4.69, 9.17) is 4.42 Å². The maximum atomic E-state index is 12.1. The number of H-pyrrole nitrogens is 1. The molecule has 23 heavy (non-hydrogen) atoms. The summed E-state index contributed by atoms with van der Waals surface area (Å²) in [5.74, 6) is -0.0176. The first kappa shape index (κ1) is 17.2. The molecule has 126 valence electrons. The van der Waals surface area contributed by atoms with Crippen LogP contribution in [0.5, 0.6) is 0 Å². The Morgan fingerprint density at radius 2 is 2.04 bits per heavy atom. The van der Waals surface area contributed by atoms with Crippen LogP contribution in [0.1, 0.15) is 50.1 Å². The number of rotatable bonds is 5. The Hall–Kier alpha value is -2.13. The number of hydrogen-bond donors (Lipinski definition) is 3. The molecular formula is C14H20N4O4S. The maximum absolute atomic E-state index is 12.1. The zero-order valence-corrected chi connectivity index (χ0v) is 14.2. The molecule has 2 aromatic heterocycles. The molecular weight excluding hydrogens is 320 g/mol. The first-order chi connectivity index (χ1) is 10.6. The predicted octanol–water partition coefficient (Wildman–Crippen LogP) is 1.57. The van der Waals surface area contributed by atoms with Gasteiger partial charge in [-0.1, -0.05) is 0 Å². The summed E-state index contributed by atoms with van der Waals surface area (Å²) >= 11 is 0. The van der Waals surface area contributed by atoms with E-state index in [0.29, 0.717) is 5.82 Å². The smallest absolute Gasteiger partial charge is 0.287 e. The van der Waals surface area contributed by atoms with Crippen molar-refractivity contribution in [3.63, 3.8) is 0 Å². The average molecular weight is 340 g/mol. The van der Waals surface area contributed by atoms with Gasteiger partial charge in [0.05, 0.1) is 6.04 Å². The number of imidazole rings is 1. The lowest BCUT2D eigenvalue weighted by Crippen LogP contribution is -2.40. The number of nitrogens with one attached hydrogen (secondary N) is 3. The van der Waals surface area contributed by atoms with Crippen molar-refractivity contribution in [1.82, 2.24) is 20.0 Å². The molecule has 8 nitrogen and oxygen atoms in total. The summed E-state index contributed by atoms with van der Waals surface area (Å²) in [5, 5.41) is 2.37. The lowest BCUT2D eigenvalue weighted by Gasteiger charge is -2.19. The Bertz CT molecular complexity index is 772. The first-order valence-electron chi connectivity index (χ1n) is 7.02. The van der Waals surface area contributed by atoms with E-state index < -0.39 is 21.5 Å². The molecule has 0 unspecified atom stereocenters. The van der Waals surface area contributed by atoms with E-state index in [-0.39, 0.29) is 16.9 Å². The van der Waals surface area contributed by atoms with Crippen LogP contribution in [0.4, 0.5) is 0 Å². The molecule has 2 rings (SSSR count). The topological polar surface area (TPSA) is 117 Å². The minimum absolute atomic E-state index is 0.0855. The van der Waals surface area contributed by atoms with Gasteiger partial charge in [0.25, 0.3) is 15.9 Å². The maximum Gasteiger partial charge on any atom is 0.287 e. The number of hydrogen-bond acceptors (Lipinski definition) is 5. The molecule has 0 fully saturated rings. The molecule has 0 radical (unpaired) electrons. The molecule has 0 aliphatic carbocycles. The van der Waals surface area contributed by atoms with Crippen LogP contribution in [0.3, 0.4) is 0 Å². The van der Waals surface area contributed by atoms with Crippen LogP contribution < -0.4 is 10.0 Å². The monoisotopic (exact) mass is 340 g/mol. The number of amides is 1. The summed E-state index contributed by atoms with van der Waals surface area (Å²) in [7, 11) is -3.82. The molecule has 0 saturated carbocycles. The molecule has 2 aromatic rings. The van der Waals surface area contributed by atoms with Crippen LogP contribution in [-0.2, 0) is 10.0 Å². The lowest BCUT2D eigenvalue weighted by atomic mass is 10.1. The SMILES string of the molecule is C[C@@H](NC(=O)c1ccc(S(=O)(=O)NC(C)(C)C)o1)c1ncc[nH]1. The van der Waals surface area contributed by atoms with Gasteiger partial charge in [0.15, 0.2) is 5.76 Å². The van der Waals surface area contributed by atoms with Crippen LogP contribution in [0, 0.1) is 0 Å². The Balaban J connectivity index is 2.11. The molecule has 1 amide bonds. The molecule has 0 aliphatic heterocycles. The van der Waals surface area contributed by atoms with Gasteiger partial charge in [-0.3, -0.25) is 4.79 Å². The molecule has 9 heteroatoms. The Morgan fingerprint density at radius 1 is 1.35 bits per heavy atom. The third kappa shape index (κ3) is 4.42. The van der Waals surface area contributed by atoms with Gasteiger partial charge < -0.3 is 14.7 Å². The van der Waals surface area contributed by atoms with E-state index >= 15 is 0 Å². The third-order valence-electron chi connectivity index (χ3n) is 2.79. The van der Waals surface area contributed by atoms with Crippen LogP contribution >= 0.6 is 0 Å². The van der Waals surface area contributed by atoms with Crippen molar-refractivity contribution in [1.29, 1.82) is 0 Å². The minimum atomic E-state index is -3.82. The third-order valence-corrected chi connectivity index (χ3v) is 4.42. The van der Waals surface area contributed by atoms with E-state index in [0.717, 1.165) is 0 Å². The van der Waals surface area contributed by atoms with Gasteiger partial charge in [-0.25, -0.2) is 18.1 Å². The average Bonchev–Trinajstić information content (AvgIpc) is 3.08. The standard InChI is InChI=1S/C14H20N4O4S/c1-9(12-15-7-8-16-12)17-13(19)10-5-6-11(22-10)23(20,21)18-14(2,3)4/h5-9,18H,1-4H3,(H,15,16)(H,17,19)/t9-/m1/s1. The van der Waals surface area contributed by atoms with Crippen LogP contribution in [0.15, 0.2) is 34.0 Å². The molecule has 0 aliphatic rings.